The fraction of sp³-hybridized carbons (Fsp3) is 0.926. The van der Waals surface area contributed by atoms with Crippen molar-refractivity contribution >= 4 is 0 Å². The number of nitrogens with two attached hydrogens (primary N) is 1. The van der Waals surface area contributed by atoms with Gasteiger partial charge in [-0.3, -0.25) is 0 Å². The maximum absolute atomic E-state index is 10.3. The van der Waals surface area contributed by atoms with Gasteiger partial charge in [-0.1, -0.05) is 65.5 Å². The summed E-state index contributed by atoms with van der Waals surface area (Å²) in [4.78, 5) is 0. The molecule has 0 amide bonds. The van der Waals surface area contributed by atoms with Crippen LogP contribution >= 0.6 is 0 Å². The summed E-state index contributed by atoms with van der Waals surface area (Å²) in [6, 6.07) is 0.202. The first kappa shape index (κ1) is 21.9. The Labute approximate surface area is 180 Å². The van der Waals surface area contributed by atoms with Gasteiger partial charge in [0.25, 0.3) is 0 Å². The highest BCUT2D eigenvalue weighted by Crippen LogP contribution is 2.67. The number of hydrogen-bond acceptors (Lipinski definition) is 2. The normalized spacial score (nSPS) is 47.9. The fourth-order valence-corrected chi connectivity index (χ4v) is 8.74. The van der Waals surface area contributed by atoms with Gasteiger partial charge >= 0.3 is 0 Å². The lowest BCUT2D eigenvalue weighted by molar-refractivity contribution is -0.0632. The summed E-state index contributed by atoms with van der Waals surface area (Å²) in [6.45, 7) is 12.4. The molecule has 4 aliphatic carbocycles. The topological polar surface area (TPSA) is 46.2 Å². The Balaban J connectivity index is 1.54. The zero-order chi connectivity index (χ0) is 21.0. The predicted octanol–water partition coefficient (Wildman–Crippen LogP) is 6.33. The standard InChI is InChI=1S/C27H47NO/c1-17(2)7-6-8-18(3)21-9-10-22-25-23(12-14-27(21,22)5)26(4)13-11-20(29)15-19(26)16-24(25)28/h16-18,20-25,29H,6-15,28H2,1-5H3/t18?,20-,21+,22-,23-,24?,25?,26?,27?/m0/s1. The van der Waals surface area contributed by atoms with Crippen LogP contribution in [0, 0.1) is 46.3 Å². The Bertz CT molecular complexity index is 626. The molecule has 0 aromatic carbocycles. The van der Waals surface area contributed by atoms with Gasteiger partial charge in [0, 0.05) is 6.04 Å². The van der Waals surface area contributed by atoms with E-state index in [1.54, 1.807) is 0 Å². The fourth-order valence-electron chi connectivity index (χ4n) is 8.74. The second-order valence-electron chi connectivity index (χ2n) is 12.4. The number of fused-ring (bicyclic) bond motifs is 5. The first-order chi connectivity index (χ1) is 13.7. The maximum atomic E-state index is 10.3. The lowest BCUT2D eigenvalue weighted by Crippen LogP contribution is -2.56. The minimum absolute atomic E-state index is 0.144. The molecule has 0 aromatic rings. The van der Waals surface area contributed by atoms with Crippen LogP contribution in [0.1, 0.15) is 98.8 Å². The predicted molar refractivity (Wildman–Crippen MR) is 122 cm³/mol. The number of aliphatic hydroxyl groups is 1. The van der Waals surface area contributed by atoms with E-state index in [2.05, 4.69) is 40.7 Å². The van der Waals surface area contributed by atoms with E-state index in [-0.39, 0.29) is 12.1 Å². The third kappa shape index (κ3) is 3.65. The van der Waals surface area contributed by atoms with Crippen molar-refractivity contribution in [2.24, 2.45) is 52.1 Å². The molecule has 0 saturated heterocycles. The molecule has 2 heteroatoms. The van der Waals surface area contributed by atoms with E-state index in [1.165, 1.54) is 50.5 Å². The largest absolute Gasteiger partial charge is 0.393 e. The minimum atomic E-state index is -0.144. The minimum Gasteiger partial charge on any atom is -0.393 e. The molecular formula is C27H47NO. The van der Waals surface area contributed by atoms with Crippen LogP contribution in [0.25, 0.3) is 0 Å². The Morgan fingerprint density at radius 3 is 2.52 bits per heavy atom. The molecule has 3 N–H and O–H groups in total. The Kier molecular flexibility index (Phi) is 6.01. The molecule has 4 rings (SSSR count). The smallest absolute Gasteiger partial charge is 0.0577 e. The molecule has 0 heterocycles. The van der Waals surface area contributed by atoms with Crippen molar-refractivity contribution in [3.63, 3.8) is 0 Å². The Morgan fingerprint density at radius 1 is 1.03 bits per heavy atom. The van der Waals surface area contributed by atoms with Gasteiger partial charge in [-0.25, -0.2) is 0 Å². The van der Waals surface area contributed by atoms with E-state index in [0.29, 0.717) is 16.7 Å². The van der Waals surface area contributed by atoms with Crippen LogP contribution in [0.3, 0.4) is 0 Å². The van der Waals surface area contributed by atoms with Crippen molar-refractivity contribution in [1.29, 1.82) is 0 Å². The van der Waals surface area contributed by atoms with E-state index >= 15 is 0 Å². The van der Waals surface area contributed by atoms with Gasteiger partial charge in [0.1, 0.15) is 0 Å². The molecule has 3 saturated carbocycles. The van der Waals surface area contributed by atoms with Crippen molar-refractivity contribution in [2.45, 2.75) is 111 Å². The molecule has 3 fully saturated rings. The van der Waals surface area contributed by atoms with Crippen molar-refractivity contribution in [3.05, 3.63) is 11.6 Å². The molecular weight excluding hydrogens is 354 g/mol. The number of hydrogen-bond donors (Lipinski definition) is 2. The van der Waals surface area contributed by atoms with Gasteiger partial charge in [0.15, 0.2) is 0 Å². The molecule has 0 aromatic heterocycles. The molecule has 29 heavy (non-hydrogen) atoms. The van der Waals surface area contributed by atoms with Crippen molar-refractivity contribution < 1.29 is 5.11 Å². The van der Waals surface area contributed by atoms with Crippen LogP contribution in [0.4, 0.5) is 0 Å². The number of rotatable bonds is 5. The Morgan fingerprint density at radius 2 is 1.79 bits per heavy atom. The van der Waals surface area contributed by atoms with Crippen molar-refractivity contribution in [1.82, 2.24) is 0 Å². The van der Waals surface area contributed by atoms with Crippen LogP contribution in [-0.4, -0.2) is 17.3 Å². The zero-order valence-corrected chi connectivity index (χ0v) is 19.8. The summed E-state index contributed by atoms with van der Waals surface area (Å²) < 4.78 is 0. The molecule has 2 nitrogen and oxygen atoms in total. The third-order valence-electron chi connectivity index (χ3n) is 10.4. The van der Waals surface area contributed by atoms with Crippen LogP contribution in [0.15, 0.2) is 11.6 Å². The molecule has 0 radical (unpaired) electrons. The lowest BCUT2D eigenvalue weighted by Gasteiger charge is -2.60. The van der Waals surface area contributed by atoms with Crippen LogP contribution in [0.5, 0.6) is 0 Å². The molecule has 9 atom stereocenters. The summed E-state index contributed by atoms with van der Waals surface area (Å²) >= 11 is 0. The monoisotopic (exact) mass is 401 g/mol. The van der Waals surface area contributed by atoms with E-state index in [1.807, 2.05) is 0 Å². The van der Waals surface area contributed by atoms with E-state index in [9.17, 15) is 5.11 Å². The van der Waals surface area contributed by atoms with Crippen molar-refractivity contribution in [2.75, 3.05) is 0 Å². The molecule has 4 aliphatic rings. The highest BCUT2D eigenvalue weighted by molar-refractivity contribution is 5.28. The Hall–Kier alpha value is -0.340. The van der Waals surface area contributed by atoms with Gasteiger partial charge < -0.3 is 10.8 Å². The van der Waals surface area contributed by atoms with Crippen LogP contribution in [-0.2, 0) is 0 Å². The average Bonchev–Trinajstić information content (AvgIpc) is 3.00. The van der Waals surface area contributed by atoms with Gasteiger partial charge in [0.05, 0.1) is 6.10 Å². The second-order valence-corrected chi connectivity index (χ2v) is 12.4. The molecule has 166 valence electrons. The molecule has 0 spiro atoms. The first-order valence-electron chi connectivity index (χ1n) is 12.8. The van der Waals surface area contributed by atoms with E-state index in [4.69, 9.17) is 5.73 Å². The molecule has 5 unspecified atom stereocenters. The van der Waals surface area contributed by atoms with Crippen molar-refractivity contribution in [3.8, 4) is 0 Å². The summed E-state index contributed by atoms with van der Waals surface area (Å²) in [5, 5.41) is 10.3. The second kappa shape index (κ2) is 7.97. The highest BCUT2D eigenvalue weighted by atomic mass is 16.3. The first-order valence-corrected chi connectivity index (χ1v) is 12.8. The molecule has 0 aliphatic heterocycles. The summed E-state index contributed by atoms with van der Waals surface area (Å²) in [7, 11) is 0. The van der Waals surface area contributed by atoms with E-state index < -0.39 is 0 Å². The third-order valence-corrected chi connectivity index (χ3v) is 10.4. The van der Waals surface area contributed by atoms with Gasteiger partial charge in [0.2, 0.25) is 0 Å². The van der Waals surface area contributed by atoms with Crippen LogP contribution in [0.2, 0.25) is 0 Å². The summed E-state index contributed by atoms with van der Waals surface area (Å²) in [5.74, 6) is 4.77. The SMILES string of the molecule is CC(C)CCCC(C)[C@H]1CC[C@H]2C3C(N)C=C4C[C@@H](O)CCC4(C)[C@H]3CCC12C. The number of aliphatic hydroxyl groups excluding tert-OH is 1. The van der Waals surface area contributed by atoms with Gasteiger partial charge in [-0.05, 0) is 91.3 Å². The lowest BCUT2D eigenvalue weighted by atomic mass is 9.46. The summed E-state index contributed by atoms with van der Waals surface area (Å²) in [6.07, 6.45) is 15.0. The maximum Gasteiger partial charge on any atom is 0.0577 e. The van der Waals surface area contributed by atoms with Crippen LogP contribution < -0.4 is 5.73 Å². The highest BCUT2D eigenvalue weighted by Gasteiger charge is 2.60. The molecule has 0 bridgehead atoms. The zero-order valence-electron chi connectivity index (χ0n) is 19.8. The van der Waals surface area contributed by atoms with Gasteiger partial charge in [-0.2, -0.15) is 0 Å². The average molecular weight is 402 g/mol. The quantitative estimate of drug-likeness (QED) is 0.529. The van der Waals surface area contributed by atoms with Gasteiger partial charge in [-0.15, -0.1) is 0 Å². The summed E-state index contributed by atoms with van der Waals surface area (Å²) in [5.41, 5.74) is 9.17. The van der Waals surface area contributed by atoms with E-state index in [0.717, 1.165) is 48.9 Å².